The van der Waals surface area contributed by atoms with E-state index in [1.165, 1.54) is 5.69 Å². The first-order valence-corrected chi connectivity index (χ1v) is 5.14. The summed E-state index contributed by atoms with van der Waals surface area (Å²) in [4.78, 5) is 11.0. The first kappa shape index (κ1) is 10.2. The molecule has 1 aliphatic heterocycles. The van der Waals surface area contributed by atoms with E-state index < -0.39 is 0 Å². The first-order chi connectivity index (χ1) is 7.18. The van der Waals surface area contributed by atoms with Gasteiger partial charge in [-0.25, -0.2) is 0 Å². The van der Waals surface area contributed by atoms with Crippen LogP contribution in [0, 0.1) is 0 Å². The molecule has 2 N–H and O–H groups in total. The third-order valence-corrected chi connectivity index (χ3v) is 2.84. The smallest absolute Gasteiger partial charge is 0.217 e. The van der Waals surface area contributed by atoms with Gasteiger partial charge in [0.1, 0.15) is 0 Å². The molecule has 1 fully saturated rings. The van der Waals surface area contributed by atoms with Gasteiger partial charge in [0.05, 0.1) is 6.04 Å². The number of aromatic nitrogens is 2. The maximum Gasteiger partial charge on any atom is 0.217 e. The Morgan fingerprint density at radius 2 is 2.47 bits per heavy atom. The molecule has 0 spiro atoms. The SMILES string of the molecule is CC(=O)NC1CNCC1c1ccnn1C. The number of carbonyl (C=O) groups excluding carboxylic acids is 1. The van der Waals surface area contributed by atoms with E-state index in [1.807, 2.05) is 17.8 Å². The Balaban J connectivity index is 2.14. The van der Waals surface area contributed by atoms with Gasteiger partial charge in [0.25, 0.3) is 0 Å². The van der Waals surface area contributed by atoms with Crippen LogP contribution in [0.4, 0.5) is 0 Å². The highest BCUT2D eigenvalue weighted by Gasteiger charge is 2.30. The first-order valence-electron chi connectivity index (χ1n) is 5.14. The van der Waals surface area contributed by atoms with Crippen LogP contribution in [0.5, 0.6) is 0 Å². The molecule has 2 rings (SSSR count). The molecule has 0 saturated carbocycles. The van der Waals surface area contributed by atoms with Crippen molar-refractivity contribution in [1.29, 1.82) is 0 Å². The van der Waals surface area contributed by atoms with E-state index in [1.54, 1.807) is 13.1 Å². The lowest BCUT2D eigenvalue weighted by Crippen LogP contribution is -2.38. The molecule has 5 nitrogen and oxygen atoms in total. The van der Waals surface area contributed by atoms with Gasteiger partial charge in [-0.15, -0.1) is 0 Å². The summed E-state index contributed by atoms with van der Waals surface area (Å²) in [6, 6.07) is 2.19. The van der Waals surface area contributed by atoms with E-state index in [4.69, 9.17) is 0 Å². The van der Waals surface area contributed by atoms with Gasteiger partial charge in [-0.1, -0.05) is 0 Å². The van der Waals surface area contributed by atoms with Crippen LogP contribution < -0.4 is 10.6 Å². The molecule has 2 heterocycles. The van der Waals surface area contributed by atoms with Gasteiger partial charge in [-0.3, -0.25) is 9.48 Å². The van der Waals surface area contributed by atoms with Crippen LogP contribution >= 0.6 is 0 Å². The highest BCUT2D eigenvalue weighted by molar-refractivity contribution is 5.73. The Kier molecular flexibility index (Phi) is 2.73. The Hall–Kier alpha value is -1.36. The largest absolute Gasteiger partial charge is 0.352 e. The standard InChI is InChI=1S/C10H16N4O/c1-7(15)13-9-6-11-5-8(9)10-3-4-12-14(10)2/h3-4,8-9,11H,5-6H2,1-2H3,(H,13,15). The van der Waals surface area contributed by atoms with Crippen molar-refractivity contribution in [2.75, 3.05) is 13.1 Å². The lowest BCUT2D eigenvalue weighted by Gasteiger charge is -2.19. The predicted molar refractivity (Wildman–Crippen MR) is 56.4 cm³/mol. The van der Waals surface area contributed by atoms with Gasteiger partial charge in [-0.05, 0) is 6.07 Å². The van der Waals surface area contributed by atoms with Gasteiger partial charge in [-0.2, -0.15) is 5.10 Å². The fraction of sp³-hybridized carbons (Fsp3) is 0.600. The molecule has 2 atom stereocenters. The minimum Gasteiger partial charge on any atom is -0.352 e. The van der Waals surface area contributed by atoms with Gasteiger partial charge >= 0.3 is 0 Å². The quantitative estimate of drug-likeness (QED) is 0.696. The summed E-state index contributed by atoms with van der Waals surface area (Å²) in [5, 5.41) is 10.4. The van der Waals surface area contributed by atoms with Crippen LogP contribution in [0.2, 0.25) is 0 Å². The highest BCUT2D eigenvalue weighted by atomic mass is 16.1. The van der Waals surface area contributed by atoms with Crippen LogP contribution in [0.3, 0.4) is 0 Å². The summed E-state index contributed by atoms with van der Waals surface area (Å²) < 4.78 is 1.87. The van der Waals surface area contributed by atoms with E-state index in [-0.39, 0.29) is 11.9 Å². The molecular formula is C10H16N4O. The number of nitrogens with one attached hydrogen (secondary N) is 2. The minimum atomic E-state index is 0.0240. The number of aryl methyl sites for hydroxylation is 1. The Bertz CT molecular complexity index is 360. The molecule has 1 aromatic heterocycles. The number of hydrogen-bond donors (Lipinski definition) is 2. The second-order valence-corrected chi connectivity index (χ2v) is 3.95. The van der Waals surface area contributed by atoms with Crippen LogP contribution in [-0.4, -0.2) is 34.8 Å². The maximum atomic E-state index is 11.0. The molecule has 0 aliphatic carbocycles. The van der Waals surface area contributed by atoms with Crippen LogP contribution in [0.1, 0.15) is 18.5 Å². The number of carbonyl (C=O) groups is 1. The zero-order valence-corrected chi connectivity index (χ0v) is 9.03. The summed E-state index contributed by atoms with van der Waals surface area (Å²) in [6.07, 6.45) is 1.79. The lowest BCUT2D eigenvalue weighted by atomic mass is 10.00. The van der Waals surface area contributed by atoms with Crippen molar-refractivity contribution in [1.82, 2.24) is 20.4 Å². The molecular weight excluding hydrogens is 192 g/mol. The van der Waals surface area contributed by atoms with Crippen LogP contribution in [0.25, 0.3) is 0 Å². The van der Waals surface area contributed by atoms with Gasteiger partial charge in [0.15, 0.2) is 0 Å². The van der Waals surface area contributed by atoms with E-state index in [0.29, 0.717) is 5.92 Å². The molecule has 82 valence electrons. The van der Waals surface area contributed by atoms with Crippen molar-refractivity contribution in [2.24, 2.45) is 7.05 Å². The molecule has 0 radical (unpaired) electrons. The monoisotopic (exact) mass is 208 g/mol. The van der Waals surface area contributed by atoms with E-state index in [0.717, 1.165) is 13.1 Å². The summed E-state index contributed by atoms with van der Waals surface area (Å²) in [7, 11) is 1.93. The second-order valence-electron chi connectivity index (χ2n) is 3.95. The molecule has 5 heteroatoms. The molecule has 0 aromatic carbocycles. The number of hydrogen-bond acceptors (Lipinski definition) is 3. The zero-order chi connectivity index (χ0) is 10.8. The normalized spacial score (nSPS) is 25.5. The third-order valence-electron chi connectivity index (χ3n) is 2.84. The molecule has 1 aliphatic rings. The summed E-state index contributed by atoms with van der Waals surface area (Å²) in [6.45, 7) is 3.28. The van der Waals surface area contributed by atoms with Crippen molar-refractivity contribution >= 4 is 5.91 Å². The van der Waals surface area contributed by atoms with Crippen LogP contribution in [-0.2, 0) is 11.8 Å². The molecule has 0 bridgehead atoms. The average molecular weight is 208 g/mol. The Morgan fingerprint density at radius 1 is 1.67 bits per heavy atom. The van der Waals surface area contributed by atoms with Crippen LogP contribution in [0.15, 0.2) is 12.3 Å². The lowest BCUT2D eigenvalue weighted by molar-refractivity contribution is -0.119. The van der Waals surface area contributed by atoms with Gasteiger partial charge in [0, 0.05) is 44.9 Å². The van der Waals surface area contributed by atoms with Gasteiger partial charge in [0.2, 0.25) is 5.91 Å². The van der Waals surface area contributed by atoms with E-state index in [9.17, 15) is 4.79 Å². The summed E-state index contributed by atoms with van der Waals surface area (Å²) in [5.41, 5.74) is 1.17. The zero-order valence-electron chi connectivity index (χ0n) is 9.03. The van der Waals surface area contributed by atoms with Crippen molar-refractivity contribution in [3.05, 3.63) is 18.0 Å². The maximum absolute atomic E-state index is 11.0. The van der Waals surface area contributed by atoms with Gasteiger partial charge < -0.3 is 10.6 Å². The van der Waals surface area contributed by atoms with Crippen molar-refractivity contribution in [3.63, 3.8) is 0 Å². The molecule has 1 aromatic rings. The van der Waals surface area contributed by atoms with Crippen molar-refractivity contribution in [2.45, 2.75) is 18.9 Å². The molecule has 2 unspecified atom stereocenters. The molecule has 15 heavy (non-hydrogen) atoms. The number of rotatable bonds is 2. The highest BCUT2D eigenvalue weighted by Crippen LogP contribution is 2.21. The van der Waals surface area contributed by atoms with Crippen molar-refractivity contribution < 1.29 is 4.79 Å². The van der Waals surface area contributed by atoms with E-state index in [2.05, 4.69) is 15.7 Å². The Labute approximate surface area is 88.8 Å². The average Bonchev–Trinajstić information content (AvgIpc) is 2.73. The molecule has 1 amide bonds. The van der Waals surface area contributed by atoms with E-state index >= 15 is 0 Å². The summed E-state index contributed by atoms with van der Waals surface area (Å²) >= 11 is 0. The van der Waals surface area contributed by atoms with Crippen molar-refractivity contribution in [3.8, 4) is 0 Å². The third kappa shape index (κ3) is 2.02. The summed E-state index contributed by atoms with van der Waals surface area (Å²) in [5.74, 6) is 0.345. The Morgan fingerprint density at radius 3 is 3.07 bits per heavy atom. The second kappa shape index (κ2) is 4.02. The number of nitrogens with zero attached hydrogens (tertiary/aromatic N) is 2. The topological polar surface area (TPSA) is 59.0 Å². The molecule has 1 saturated heterocycles. The fourth-order valence-corrected chi connectivity index (χ4v) is 2.15. The minimum absolute atomic E-state index is 0.0240. The number of amides is 1. The fourth-order valence-electron chi connectivity index (χ4n) is 2.15. The predicted octanol–water partition coefficient (Wildman–Crippen LogP) is -0.388.